The van der Waals surface area contributed by atoms with Crippen molar-refractivity contribution in [3.8, 4) is 11.6 Å². The van der Waals surface area contributed by atoms with Gasteiger partial charge in [0.25, 0.3) is 0 Å². The molecular formula is C26H41N5O4. The van der Waals surface area contributed by atoms with Crippen LogP contribution in [0.4, 0.5) is 0 Å². The molecule has 1 aliphatic rings. The first-order valence-corrected chi connectivity index (χ1v) is 12.1. The van der Waals surface area contributed by atoms with E-state index in [2.05, 4.69) is 63.0 Å². The minimum Gasteiger partial charge on any atom is -0.494 e. The van der Waals surface area contributed by atoms with Gasteiger partial charge in [-0.05, 0) is 48.4 Å². The van der Waals surface area contributed by atoms with Crippen molar-refractivity contribution in [2.24, 2.45) is 5.41 Å². The third-order valence-electron chi connectivity index (χ3n) is 6.14. The second-order valence-electron chi connectivity index (χ2n) is 10.8. The SMILES string of the molecule is CCCOc1cc(CCn2nc3c(C)cc(OCC4(C)COC4)nn3c2=N)cc(C(C)(C)C)c1.O.[HH]. The predicted molar refractivity (Wildman–Crippen MR) is 136 cm³/mol. The average Bonchev–Trinajstić information content (AvgIpc) is 3.09. The van der Waals surface area contributed by atoms with Crippen molar-refractivity contribution in [2.75, 3.05) is 26.4 Å². The van der Waals surface area contributed by atoms with Gasteiger partial charge in [-0.3, -0.25) is 5.41 Å². The second-order valence-corrected chi connectivity index (χ2v) is 10.8. The Morgan fingerprint density at radius 1 is 1.14 bits per heavy atom. The van der Waals surface area contributed by atoms with Crippen molar-refractivity contribution in [1.82, 2.24) is 19.4 Å². The highest BCUT2D eigenvalue weighted by atomic mass is 16.5. The third kappa shape index (κ3) is 6.02. The number of benzene rings is 1. The van der Waals surface area contributed by atoms with Crippen molar-refractivity contribution < 1.29 is 21.1 Å². The number of nitrogens with one attached hydrogen (secondary N) is 1. The summed E-state index contributed by atoms with van der Waals surface area (Å²) in [6, 6.07) is 8.36. The first kappa shape index (κ1) is 26.7. The Balaban J connectivity index is 0.00000228. The Morgan fingerprint density at radius 2 is 1.89 bits per heavy atom. The van der Waals surface area contributed by atoms with E-state index >= 15 is 0 Å². The molecule has 1 fully saturated rings. The number of hydrogen-bond acceptors (Lipinski definition) is 6. The fraction of sp³-hybridized carbons (Fsp3) is 0.577. The van der Waals surface area contributed by atoms with Crippen LogP contribution in [0.1, 0.15) is 59.2 Å². The molecule has 0 bridgehead atoms. The molecule has 0 saturated carbocycles. The summed E-state index contributed by atoms with van der Waals surface area (Å²) >= 11 is 0. The topological polar surface area (TPSA) is 118 Å². The lowest BCUT2D eigenvalue weighted by Gasteiger charge is -2.37. The van der Waals surface area contributed by atoms with E-state index < -0.39 is 0 Å². The molecular weight excluding hydrogens is 446 g/mol. The van der Waals surface area contributed by atoms with Crippen molar-refractivity contribution in [1.29, 1.82) is 5.41 Å². The summed E-state index contributed by atoms with van der Waals surface area (Å²) in [5, 5.41) is 17.9. The molecule has 9 nitrogen and oxygen atoms in total. The molecule has 3 aromatic rings. The fourth-order valence-corrected chi connectivity index (χ4v) is 3.92. The van der Waals surface area contributed by atoms with E-state index in [0.717, 1.165) is 24.2 Å². The van der Waals surface area contributed by atoms with Crippen molar-refractivity contribution in [2.45, 2.75) is 66.3 Å². The summed E-state index contributed by atoms with van der Waals surface area (Å²) in [4.78, 5) is 0. The molecule has 1 aliphatic heterocycles. The number of hydrogen-bond donors (Lipinski definition) is 1. The van der Waals surface area contributed by atoms with Gasteiger partial charge in [0.15, 0.2) is 5.65 Å². The van der Waals surface area contributed by atoms with Gasteiger partial charge in [-0.15, -0.1) is 10.2 Å². The van der Waals surface area contributed by atoms with Crippen LogP contribution in [0, 0.1) is 17.7 Å². The largest absolute Gasteiger partial charge is 0.494 e. The van der Waals surface area contributed by atoms with Crippen LogP contribution >= 0.6 is 0 Å². The zero-order valence-corrected chi connectivity index (χ0v) is 21.8. The second kappa shape index (κ2) is 10.4. The van der Waals surface area contributed by atoms with Crippen LogP contribution in [0.25, 0.3) is 5.65 Å². The summed E-state index contributed by atoms with van der Waals surface area (Å²) in [6.07, 6.45) is 1.72. The first-order valence-electron chi connectivity index (χ1n) is 12.1. The van der Waals surface area contributed by atoms with Crippen molar-refractivity contribution in [3.63, 3.8) is 0 Å². The van der Waals surface area contributed by atoms with Gasteiger partial charge in [0.2, 0.25) is 11.5 Å². The average molecular weight is 488 g/mol. The summed E-state index contributed by atoms with van der Waals surface area (Å²) in [5.74, 6) is 1.41. The Bertz CT molecular complexity index is 1230. The van der Waals surface area contributed by atoms with Crippen molar-refractivity contribution >= 4 is 5.65 Å². The molecule has 0 atom stereocenters. The summed E-state index contributed by atoms with van der Waals surface area (Å²) in [7, 11) is 0. The van der Waals surface area contributed by atoms with E-state index in [1.165, 1.54) is 11.1 Å². The number of ether oxygens (including phenoxy) is 3. The molecule has 0 radical (unpaired) electrons. The number of rotatable bonds is 9. The van der Waals surface area contributed by atoms with Gasteiger partial charge in [0, 0.05) is 25.0 Å². The number of fused-ring (bicyclic) bond motifs is 1. The highest BCUT2D eigenvalue weighted by molar-refractivity contribution is 5.46. The smallest absolute Gasteiger partial charge is 0.242 e. The lowest BCUT2D eigenvalue weighted by molar-refractivity contribution is -0.120. The molecule has 9 heteroatoms. The van der Waals surface area contributed by atoms with Gasteiger partial charge < -0.3 is 19.7 Å². The van der Waals surface area contributed by atoms with Gasteiger partial charge in [0.1, 0.15) is 5.75 Å². The molecule has 0 amide bonds. The van der Waals surface area contributed by atoms with E-state index in [9.17, 15) is 0 Å². The molecule has 3 heterocycles. The van der Waals surface area contributed by atoms with E-state index in [0.29, 0.717) is 44.5 Å². The summed E-state index contributed by atoms with van der Waals surface area (Å²) < 4.78 is 20.5. The van der Waals surface area contributed by atoms with Crippen LogP contribution in [0.5, 0.6) is 11.6 Å². The van der Waals surface area contributed by atoms with E-state index in [4.69, 9.17) is 19.6 Å². The lowest BCUT2D eigenvalue weighted by atomic mass is 9.85. The molecule has 1 saturated heterocycles. The molecule has 0 aliphatic carbocycles. The van der Waals surface area contributed by atoms with Crippen LogP contribution in [-0.2, 0) is 23.1 Å². The maximum Gasteiger partial charge on any atom is 0.242 e. The first-order chi connectivity index (χ1) is 16.1. The molecule has 2 aromatic heterocycles. The van der Waals surface area contributed by atoms with Crippen LogP contribution < -0.4 is 15.1 Å². The number of nitrogens with zero attached hydrogens (tertiary/aromatic N) is 4. The van der Waals surface area contributed by atoms with Gasteiger partial charge in [-0.1, -0.05) is 40.7 Å². The molecule has 1 aromatic carbocycles. The fourth-order valence-electron chi connectivity index (χ4n) is 3.92. The van der Waals surface area contributed by atoms with E-state index in [1.807, 2.05) is 13.0 Å². The highest BCUT2D eigenvalue weighted by Gasteiger charge is 2.34. The number of aryl methyl sites for hydroxylation is 3. The summed E-state index contributed by atoms with van der Waals surface area (Å²) in [5.41, 5.74) is 4.31. The van der Waals surface area contributed by atoms with E-state index in [-0.39, 0.29) is 23.4 Å². The Labute approximate surface area is 208 Å². The quantitative estimate of drug-likeness (QED) is 0.496. The maximum absolute atomic E-state index is 8.66. The highest BCUT2D eigenvalue weighted by Crippen LogP contribution is 2.29. The predicted octanol–water partition coefficient (Wildman–Crippen LogP) is 3.48. The van der Waals surface area contributed by atoms with Gasteiger partial charge in [-0.25, -0.2) is 4.68 Å². The minimum absolute atomic E-state index is 0. The lowest BCUT2D eigenvalue weighted by Crippen LogP contribution is -2.44. The molecule has 0 spiro atoms. The third-order valence-corrected chi connectivity index (χ3v) is 6.14. The van der Waals surface area contributed by atoms with Crippen LogP contribution in [0.2, 0.25) is 0 Å². The molecule has 35 heavy (non-hydrogen) atoms. The van der Waals surface area contributed by atoms with Crippen LogP contribution in [0.3, 0.4) is 0 Å². The Hall–Kier alpha value is -2.91. The molecule has 4 rings (SSSR count). The zero-order valence-electron chi connectivity index (χ0n) is 21.8. The Kier molecular flexibility index (Phi) is 7.91. The normalized spacial score (nSPS) is 14.9. The zero-order chi connectivity index (χ0) is 24.5. The Morgan fingerprint density at radius 3 is 2.51 bits per heavy atom. The van der Waals surface area contributed by atoms with Gasteiger partial charge in [-0.2, -0.15) is 4.52 Å². The van der Waals surface area contributed by atoms with Crippen LogP contribution in [-0.4, -0.2) is 51.3 Å². The summed E-state index contributed by atoms with van der Waals surface area (Å²) in [6.45, 7) is 16.1. The number of aromatic nitrogens is 4. The standard InChI is InChI=1S/C26H37N5O3.H2O.H2/c1-7-10-33-21-13-19(12-20(14-21)25(3,4)5)8-9-30-24(27)31-23(29-30)18(2)11-22(28-31)34-17-26(6)15-32-16-26;;/h11-14,27H,7-10,15-17H2,1-6H3;1H2;1H. The van der Waals surface area contributed by atoms with Gasteiger partial charge >= 0.3 is 0 Å². The molecule has 194 valence electrons. The molecule has 3 N–H and O–H groups in total. The van der Waals surface area contributed by atoms with E-state index in [1.54, 1.807) is 9.20 Å². The van der Waals surface area contributed by atoms with Crippen LogP contribution in [0.15, 0.2) is 24.3 Å². The monoisotopic (exact) mass is 487 g/mol. The minimum atomic E-state index is 0. The maximum atomic E-state index is 8.66. The molecule has 0 unspecified atom stereocenters. The van der Waals surface area contributed by atoms with Gasteiger partial charge in [0.05, 0.1) is 26.4 Å². The van der Waals surface area contributed by atoms with Crippen molar-refractivity contribution in [3.05, 3.63) is 46.6 Å².